The summed E-state index contributed by atoms with van der Waals surface area (Å²) in [6.45, 7) is -0.583. The summed E-state index contributed by atoms with van der Waals surface area (Å²) in [7, 11) is 0. The third-order valence-electron chi connectivity index (χ3n) is 4.66. The second kappa shape index (κ2) is 9.94. The topological polar surface area (TPSA) is 26.3 Å². The van der Waals surface area contributed by atoms with Crippen LogP contribution in [0, 0.1) is 0 Å². The van der Waals surface area contributed by atoms with Crippen molar-refractivity contribution in [1.29, 1.82) is 0 Å². The maximum Gasteiger partial charge on any atom is 0.460 e. The van der Waals surface area contributed by atoms with E-state index in [1.54, 1.807) is 5.38 Å². The smallest absolute Gasteiger partial charge is 0.460 e. The average molecular weight is 602 g/mol. The van der Waals surface area contributed by atoms with Gasteiger partial charge in [-0.15, -0.1) is 0 Å². The first-order chi connectivity index (χ1) is 16.2. The zero-order valence-corrected chi connectivity index (χ0v) is 18.0. The van der Waals surface area contributed by atoms with Crippen molar-refractivity contribution < 1.29 is 84.2 Å². The zero-order valence-electron chi connectivity index (χ0n) is 17.2. The summed E-state index contributed by atoms with van der Waals surface area (Å²) in [5, 5.41) is 3.08. The monoisotopic (exact) mass is 602 g/mol. The van der Waals surface area contributed by atoms with Crippen LogP contribution in [0.15, 0.2) is 16.8 Å². The van der Waals surface area contributed by atoms with Gasteiger partial charge in [0.1, 0.15) is 0 Å². The second-order valence-electron chi connectivity index (χ2n) is 7.25. The summed E-state index contributed by atoms with van der Waals surface area (Å²) in [5.41, 5.74) is 0.533. The Morgan fingerprint density at radius 2 is 1.11 bits per heavy atom. The van der Waals surface area contributed by atoms with Crippen molar-refractivity contribution in [2.24, 2.45) is 0 Å². The van der Waals surface area contributed by atoms with Gasteiger partial charge >= 0.3 is 53.6 Å². The molecule has 0 unspecified atom stereocenters. The number of esters is 1. The summed E-state index contributed by atoms with van der Waals surface area (Å²) in [5.74, 6) is -58.7. The highest BCUT2D eigenvalue weighted by molar-refractivity contribution is 7.07. The molecule has 216 valence electrons. The van der Waals surface area contributed by atoms with Crippen LogP contribution in [0.4, 0.5) is 74.6 Å². The molecule has 2 nitrogen and oxygen atoms in total. The van der Waals surface area contributed by atoms with E-state index >= 15 is 0 Å². The molecule has 0 saturated carbocycles. The Kier molecular flexibility index (Phi) is 8.87. The van der Waals surface area contributed by atoms with Crippen LogP contribution >= 0.6 is 11.3 Å². The highest BCUT2D eigenvalue weighted by atomic mass is 32.1. The molecule has 0 saturated heterocycles. The van der Waals surface area contributed by atoms with Crippen LogP contribution in [-0.4, -0.2) is 60.2 Å². The molecule has 0 radical (unpaired) electrons. The fourth-order valence-corrected chi connectivity index (χ4v) is 3.11. The van der Waals surface area contributed by atoms with Crippen molar-refractivity contribution in [2.75, 3.05) is 6.61 Å². The van der Waals surface area contributed by atoms with Crippen LogP contribution in [0.5, 0.6) is 0 Å². The van der Waals surface area contributed by atoms with Gasteiger partial charge in [0, 0.05) is 12.8 Å². The van der Waals surface area contributed by atoms with E-state index in [1.165, 1.54) is 22.8 Å². The summed E-state index contributed by atoms with van der Waals surface area (Å²) in [4.78, 5) is 11.3. The van der Waals surface area contributed by atoms with E-state index in [1.807, 2.05) is 0 Å². The average Bonchev–Trinajstić information content (AvgIpc) is 3.24. The van der Waals surface area contributed by atoms with Crippen LogP contribution in [-0.2, 0) is 16.0 Å². The standard InChI is InChI=1S/C17H11F17O2S/c18-10(19,4-1-9(35)36-5-2-8-3-6-37-7-8)11(20,21)12(22,23)13(24,25)14(26,27)15(28,29)16(30,31)17(32,33)34/h3,6-7H,1-2,4-5H2. The van der Waals surface area contributed by atoms with Gasteiger partial charge in [-0.05, 0) is 22.4 Å². The molecule has 0 spiro atoms. The van der Waals surface area contributed by atoms with Gasteiger partial charge in [0.25, 0.3) is 0 Å². The van der Waals surface area contributed by atoms with Crippen molar-refractivity contribution in [1.82, 2.24) is 0 Å². The molecule has 0 bridgehead atoms. The van der Waals surface area contributed by atoms with Crippen LogP contribution in [0.1, 0.15) is 18.4 Å². The van der Waals surface area contributed by atoms with Crippen molar-refractivity contribution in [3.63, 3.8) is 0 Å². The molecule has 20 heteroatoms. The minimum atomic E-state index is -8.68. The first kappa shape index (κ1) is 33.0. The molecule has 1 aromatic rings. The first-order valence-corrected chi connectivity index (χ1v) is 10.0. The number of alkyl halides is 17. The molecule has 0 atom stereocenters. The summed E-state index contributed by atoms with van der Waals surface area (Å²) >= 11 is 1.17. The second-order valence-corrected chi connectivity index (χ2v) is 8.03. The minimum absolute atomic E-state index is 0.0576. The molecule has 0 aliphatic heterocycles. The number of hydrogen-bond donors (Lipinski definition) is 0. The molecule has 0 aliphatic carbocycles. The first-order valence-electron chi connectivity index (χ1n) is 9.10. The molecule has 0 aliphatic rings. The van der Waals surface area contributed by atoms with Crippen molar-refractivity contribution in [3.05, 3.63) is 22.4 Å². The third-order valence-corrected chi connectivity index (χ3v) is 5.40. The molecule has 1 rings (SSSR count). The van der Waals surface area contributed by atoms with Crippen LogP contribution in [0.3, 0.4) is 0 Å². The Morgan fingerprint density at radius 3 is 1.51 bits per heavy atom. The molecule has 0 N–H and O–H groups in total. The minimum Gasteiger partial charge on any atom is -0.465 e. The van der Waals surface area contributed by atoms with Gasteiger partial charge in [-0.25, -0.2) is 0 Å². The largest absolute Gasteiger partial charge is 0.465 e. The van der Waals surface area contributed by atoms with Crippen molar-refractivity contribution in [3.8, 4) is 0 Å². The number of ether oxygens (including phenoxy) is 1. The third kappa shape index (κ3) is 5.43. The maximum atomic E-state index is 13.7. The van der Waals surface area contributed by atoms with Gasteiger partial charge < -0.3 is 4.74 Å². The van der Waals surface area contributed by atoms with Crippen LogP contribution in [0.25, 0.3) is 0 Å². The van der Waals surface area contributed by atoms with E-state index in [-0.39, 0.29) is 6.42 Å². The van der Waals surface area contributed by atoms with E-state index in [0.29, 0.717) is 5.56 Å². The van der Waals surface area contributed by atoms with Crippen molar-refractivity contribution >= 4 is 17.3 Å². The summed E-state index contributed by atoms with van der Waals surface area (Å²) in [6, 6.07) is 1.50. The number of hydrogen-bond acceptors (Lipinski definition) is 3. The number of carbonyl (C=O) groups is 1. The van der Waals surface area contributed by atoms with Gasteiger partial charge in [0.2, 0.25) is 0 Å². The van der Waals surface area contributed by atoms with Crippen molar-refractivity contribution in [2.45, 2.75) is 66.9 Å². The highest BCUT2D eigenvalue weighted by Crippen LogP contribution is 2.64. The van der Waals surface area contributed by atoms with E-state index in [0.717, 1.165) is 0 Å². The fourth-order valence-electron chi connectivity index (χ4n) is 2.40. The van der Waals surface area contributed by atoms with Gasteiger partial charge in [0.15, 0.2) is 0 Å². The predicted molar refractivity (Wildman–Crippen MR) is 88.9 cm³/mol. The van der Waals surface area contributed by atoms with E-state index < -0.39 is 73.1 Å². The number of carbonyl (C=O) groups excluding carboxylic acids is 1. The predicted octanol–water partition coefficient (Wildman–Crippen LogP) is 7.62. The van der Waals surface area contributed by atoms with E-state index in [2.05, 4.69) is 4.74 Å². The van der Waals surface area contributed by atoms with Crippen LogP contribution < -0.4 is 0 Å². The molecule has 0 amide bonds. The van der Waals surface area contributed by atoms with Gasteiger partial charge in [0.05, 0.1) is 13.0 Å². The van der Waals surface area contributed by atoms with Gasteiger partial charge in [-0.1, -0.05) is 0 Å². The summed E-state index contributed by atoms with van der Waals surface area (Å²) in [6.07, 6.45) is -12.7. The molecule has 1 aromatic heterocycles. The van der Waals surface area contributed by atoms with Gasteiger partial charge in [-0.2, -0.15) is 86.0 Å². The Balaban J connectivity index is 3.17. The normalized spacial score (nSPS) is 15.2. The number of rotatable bonds is 12. The quantitative estimate of drug-likeness (QED) is 0.182. The van der Waals surface area contributed by atoms with Crippen LogP contribution in [0.2, 0.25) is 0 Å². The molecular formula is C17H11F17O2S. The molecule has 0 aromatic carbocycles. The number of halogens is 17. The lowest BCUT2D eigenvalue weighted by Crippen LogP contribution is -2.74. The molecule has 0 fully saturated rings. The fraction of sp³-hybridized carbons (Fsp3) is 0.706. The van der Waals surface area contributed by atoms with Gasteiger partial charge in [-0.3, -0.25) is 4.79 Å². The Bertz CT molecular complexity index is 921. The molecule has 1 heterocycles. The molecule has 37 heavy (non-hydrogen) atoms. The Hall–Kier alpha value is -2.02. The molecular weight excluding hydrogens is 591 g/mol. The SMILES string of the molecule is O=C(CCC(F)(F)C(F)(F)C(F)(F)C(F)(F)C(F)(F)C(F)(F)C(F)(F)C(F)(F)F)OCCc1ccsc1. The number of thiophene rings is 1. The lowest BCUT2D eigenvalue weighted by molar-refractivity contribution is -0.461. The van der Waals surface area contributed by atoms with E-state index in [9.17, 15) is 79.4 Å². The summed E-state index contributed by atoms with van der Waals surface area (Å²) < 4.78 is 228. The maximum absolute atomic E-state index is 13.7. The lowest BCUT2D eigenvalue weighted by atomic mass is 9.88. The highest BCUT2D eigenvalue weighted by Gasteiger charge is 2.95. The van der Waals surface area contributed by atoms with E-state index in [4.69, 9.17) is 0 Å². The lowest BCUT2D eigenvalue weighted by Gasteiger charge is -2.42. The Labute approximate surface area is 198 Å². The Morgan fingerprint density at radius 1 is 0.676 bits per heavy atom. The zero-order chi connectivity index (χ0) is 29.5.